The molecule has 156 valence electrons. The number of methoxy groups -OCH3 is 1. The van der Waals surface area contributed by atoms with Gasteiger partial charge in [0, 0.05) is 5.56 Å². The summed E-state index contributed by atoms with van der Waals surface area (Å²) in [4.78, 5) is 23.1. The molecule has 0 aliphatic rings. The zero-order chi connectivity index (χ0) is 21.6. The van der Waals surface area contributed by atoms with Crippen LogP contribution in [0.2, 0.25) is 0 Å². The first-order valence-electron chi connectivity index (χ1n) is 8.91. The van der Waals surface area contributed by atoms with Crippen LogP contribution in [0, 0.1) is 5.82 Å². The molecule has 0 unspecified atom stereocenters. The average Bonchev–Trinajstić information content (AvgIpc) is 2.63. The Morgan fingerprint density at radius 3 is 2.52 bits per heavy atom. The number of benzene rings is 2. The van der Waals surface area contributed by atoms with Gasteiger partial charge in [0.05, 0.1) is 19.2 Å². The lowest BCUT2D eigenvalue weighted by Crippen LogP contribution is -2.34. The summed E-state index contributed by atoms with van der Waals surface area (Å²) >= 11 is 0. The lowest BCUT2D eigenvalue weighted by Gasteiger charge is -2.19. The van der Waals surface area contributed by atoms with E-state index in [4.69, 9.17) is 14.2 Å². The highest BCUT2D eigenvalue weighted by Gasteiger charge is 2.16. The average molecular weight is 405 g/mol. The van der Waals surface area contributed by atoms with Crippen molar-refractivity contribution in [2.75, 3.05) is 20.3 Å². The number of ether oxygens (including phenoxy) is 3. The highest BCUT2D eigenvalue weighted by atomic mass is 19.1. The number of nitrogens with one attached hydrogen (secondary N) is 1. The van der Waals surface area contributed by atoms with Crippen molar-refractivity contribution in [2.45, 2.75) is 26.4 Å². The summed E-state index contributed by atoms with van der Waals surface area (Å²) in [5.41, 5.74) is -0.156. The van der Waals surface area contributed by atoms with Crippen molar-refractivity contribution >= 4 is 12.1 Å². The molecule has 0 aliphatic heterocycles. The van der Waals surface area contributed by atoms with E-state index < -0.39 is 23.5 Å². The first kappa shape index (κ1) is 22.0. The minimum absolute atomic E-state index is 0.0484. The molecule has 0 saturated carbocycles. The summed E-state index contributed by atoms with van der Waals surface area (Å²) in [5.74, 6) is -1.50. The number of rotatable bonds is 7. The molecule has 7 nitrogen and oxygen atoms in total. The van der Waals surface area contributed by atoms with Crippen LogP contribution >= 0.6 is 0 Å². The van der Waals surface area contributed by atoms with E-state index in [1.54, 1.807) is 26.8 Å². The largest absolute Gasteiger partial charge is 0.494 e. The maximum atomic E-state index is 14.6. The number of alkyl carbamates (subject to hydrolysis) is 1. The fraction of sp³-hybridized carbons (Fsp3) is 0.333. The number of hydrogen-bond acceptors (Lipinski definition) is 5. The molecule has 2 N–H and O–H groups in total. The summed E-state index contributed by atoms with van der Waals surface area (Å²) < 4.78 is 30.2. The molecule has 0 radical (unpaired) electrons. The van der Waals surface area contributed by atoms with E-state index in [9.17, 15) is 19.1 Å². The quantitative estimate of drug-likeness (QED) is 0.674. The van der Waals surface area contributed by atoms with Crippen molar-refractivity contribution in [3.05, 3.63) is 47.8 Å². The molecular formula is C21H24FNO6. The predicted octanol–water partition coefficient (Wildman–Crippen LogP) is 4.10. The van der Waals surface area contributed by atoms with E-state index in [0.717, 1.165) is 0 Å². The maximum absolute atomic E-state index is 14.6. The predicted molar refractivity (Wildman–Crippen MR) is 105 cm³/mol. The highest BCUT2D eigenvalue weighted by molar-refractivity contribution is 5.90. The first-order valence-corrected chi connectivity index (χ1v) is 8.91. The van der Waals surface area contributed by atoms with Crippen LogP contribution in [-0.4, -0.2) is 43.0 Å². The summed E-state index contributed by atoms with van der Waals surface area (Å²) in [5, 5.41) is 11.9. The van der Waals surface area contributed by atoms with Gasteiger partial charge in [-0.05, 0) is 50.6 Å². The minimum Gasteiger partial charge on any atom is -0.494 e. The highest BCUT2D eigenvalue weighted by Crippen LogP contribution is 2.32. The Hall–Kier alpha value is -3.29. The monoisotopic (exact) mass is 405 g/mol. The van der Waals surface area contributed by atoms with Crippen LogP contribution in [0.5, 0.6) is 11.5 Å². The minimum atomic E-state index is -1.17. The molecule has 0 fully saturated rings. The van der Waals surface area contributed by atoms with E-state index in [1.165, 1.54) is 37.4 Å². The number of aromatic carboxylic acids is 1. The summed E-state index contributed by atoms with van der Waals surface area (Å²) in [6.45, 7) is 5.47. The van der Waals surface area contributed by atoms with Crippen LogP contribution in [0.4, 0.5) is 9.18 Å². The molecule has 29 heavy (non-hydrogen) atoms. The standard InChI is InChI=1S/C21H24FNO6/c1-21(2,3)29-20(26)23-8-9-28-15-11-13(10-14(12-15)19(24)25)16-6-5-7-17(27-4)18(16)22/h5-7,10-12H,8-9H2,1-4H3,(H,23,26)(H,24,25). The zero-order valence-electron chi connectivity index (χ0n) is 16.7. The van der Waals surface area contributed by atoms with Crippen LogP contribution in [0.1, 0.15) is 31.1 Å². The van der Waals surface area contributed by atoms with Gasteiger partial charge in [-0.25, -0.2) is 14.0 Å². The van der Waals surface area contributed by atoms with Crippen LogP contribution in [0.3, 0.4) is 0 Å². The van der Waals surface area contributed by atoms with Crippen molar-refractivity contribution in [2.24, 2.45) is 0 Å². The van der Waals surface area contributed by atoms with E-state index in [0.29, 0.717) is 5.56 Å². The Balaban J connectivity index is 2.15. The second kappa shape index (κ2) is 9.27. The van der Waals surface area contributed by atoms with E-state index in [2.05, 4.69) is 5.32 Å². The number of carbonyl (C=O) groups is 2. The van der Waals surface area contributed by atoms with Gasteiger partial charge in [-0.3, -0.25) is 0 Å². The van der Waals surface area contributed by atoms with Crippen LogP contribution < -0.4 is 14.8 Å². The number of carboxylic acids is 1. The Labute approximate surface area is 168 Å². The molecule has 2 rings (SSSR count). The molecule has 0 spiro atoms. The topological polar surface area (TPSA) is 94.1 Å². The van der Waals surface area contributed by atoms with Gasteiger partial charge in [-0.2, -0.15) is 0 Å². The number of halogens is 1. The van der Waals surface area contributed by atoms with Crippen LogP contribution in [-0.2, 0) is 4.74 Å². The second-order valence-corrected chi connectivity index (χ2v) is 7.15. The molecule has 2 aromatic rings. The Morgan fingerprint density at radius 2 is 1.90 bits per heavy atom. The fourth-order valence-corrected chi connectivity index (χ4v) is 2.49. The third-order valence-corrected chi connectivity index (χ3v) is 3.69. The normalized spacial score (nSPS) is 10.9. The van der Waals surface area contributed by atoms with Crippen molar-refractivity contribution in [3.8, 4) is 22.6 Å². The third-order valence-electron chi connectivity index (χ3n) is 3.69. The number of carbonyl (C=O) groups excluding carboxylic acids is 1. The molecule has 0 heterocycles. The molecular weight excluding hydrogens is 381 g/mol. The number of amides is 1. The maximum Gasteiger partial charge on any atom is 0.407 e. The molecule has 0 bridgehead atoms. The summed E-state index contributed by atoms with van der Waals surface area (Å²) in [6.07, 6.45) is -0.584. The van der Waals surface area contributed by atoms with Gasteiger partial charge in [-0.1, -0.05) is 12.1 Å². The zero-order valence-corrected chi connectivity index (χ0v) is 16.7. The third kappa shape index (κ3) is 6.38. The first-order chi connectivity index (χ1) is 13.6. The van der Waals surface area contributed by atoms with Gasteiger partial charge < -0.3 is 24.6 Å². The van der Waals surface area contributed by atoms with Gasteiger partial charge in [0.2, 0.25) is 0 Å². The Kier molecular flexibility index (Phi) is 7.03. The Morgan fingerprint density at radius 1 is 1.17 bits per heavy atom. The van der Waals surface area contributed by atoms with Crippen molar-refractivity contribution in [3.63, 3.8) is 0 Å². The molecule has 0 aromatic heterocycles. The summed E-state index contributed by atoms with van der Waals surface area (Å²) in [7, 11) is 1.35. The number of carboxylic acid groups (broad SMARTS) is 1. The van der Waals surface area contributed by atoms with E-state index in [-0.39, 0.29) is 35.8 Å². The van der Waals surface area contributed by atoms with Crippen molar-refractivity contribution in [1.82, 2.24) is 5.32 Å². The fourth-order valence-electron chi connectivity index (χ4n) is 2.49. The van der Waals surface area contributed by atoms with Crippen molar-refractivity contribution < 1.29 is 33.3 Å². The second-order valence-electron chi connectivity index (χ2n) is 7.15. The smallest absolute Gasteiger partial charge is 0.407 e. The molecule has 8 heteroatoms. The molecule has 0 atom stereocenters. The molecule has 0 aliphatic carbocycles. The lowest BCUT2D eigenvalue weighted by molar-refractivity contribution is 0.0520. The molecule has 1 amide bonds. The van der Waals surface area contributed by atoms with Crippen LogP contribution in [0.25, 0.3) is 11.1 Å². The molecule has 0 saturated heterocycles. The van der Waals surface area contributed by atoms with E-state index >= 15 is 0 Å². The van der Waals surface area contributed by atoms with Gasteiger partial charge in [-0.15, -0.1) is 0 Å². The summed E-state index contributed by atoms with van der Waals surface area (Å²) in [6, 6.07) is 8.81. The Bertz CT molecular complexity index is 891. The van der Waals surface area contributed by atoms with Crippen molar-refractivity contribution in [1.29, 1.82) is 0 Å². The molecule has 2 aromatic carbocycles. The lowest BCUT2D eigenvalue weighted by atomic mass is 10.0. The van der Waals surface area contributed by atoms with Gasteiger partial charge in [0.1, 0.15) is 18.0 Å². The van der Waals surface area contributed by atoms with Gasteiger partial charge >= 0.3 is 12.1 Å². The van der Waals surface area contributed by atoms with Gasteiger partial charge in [0.15, 0.2) is 11.6 Å². The van der Waals surface area contributed by atoms with Gasteiger partial charge in [0.25, 0.3) is 0 Å². The van der Waals surface area contributed by atoms with Crippen LogP contribution in [0.15, 0.2) is 36.4 Å². The number of hydrogen-bond donors (Lipinski definition) is 2. The SMILES string of the molecule is COc1cccc(-c2cc(OCCNC(=O)OC(C)(C)C)cc(C(=O)O)c2)c1F. The van der Waals surface area contributed by atoms with E-state index in [1.807, 2.05) is 0 Å².